The van der Waals surface area contributed by atoms with Crippen molar-refractivity contribution in [1.29, 1.82) is 0 Å². The third-order valence-corrected chi connectivity index (χ3v) is 5.41. The zero-order valence-electron chi connectivity index (χ0n) is 16.5. The third kappa shape index (κ3) is 5.25. The largest absolute Gasteiger partial charge is 0.488 e. The summed E-state index contributed by atoms with van der Waals surface area (Å²) >= 11 is 0. The van der Waals surface area contributed by atoms with Gasteiger partial charge >= 0.3 is 0 Å². The minimum atomic E-state index is -3.79. The number of anilines is 2. The summed E-state index contributed by atoms with van der Waals surface area (Å²) in [4.78, 5) is 8.63. The highest BCUT2D eigenvalue weighted by atomic mass is 32.2. The van der Waals surface area contributed by atoms with Crippen LogP contribution < -0.4 is 15.2 Å². The van der Waals surface area contributed by atoms with Crippen LogP contribution in [0.3, 0.4) is 0 Å². The first-order valence-electron chi connectivity index (χ1n) is 9.47. The summed E-state index contributed by atoms with van der Waals surface area (Å²) in [5.74, 6) is 1.21. The standard InChI is InChI=1S/C23H20N4O3S/c24-31(28,29)19-10-6-9-18(13-19)27-23-14-21(25-16-26-23)20-11-4-5-12-22(20)30-15-17-7-2-1-3-8-17/h1-14,16H,15H2,(H2,24,28,29)(H,25,26,27). The molecule has 0 atom stereocenters. The van der Waals surface area contributed by atoms with Crippen molar-refractivity contribution in [3.8, 4) is 17.0 Å². The van der Waals surface area contributed by atoms with Gasteiger partial charge in [-0.1, -0.05) is 48.5 Å². The van der Waals surface area contributed by atoms with Crippen molar-refractivity contribution < 1.29 is 13.2 Å². The van der Waals surface area contributed by atoms with Gasteiger partial charge in [0.25, 0.3) is 0 Å². The number of nitrogens with two attached hydrogens (primary N) is 1. The second kappa shape index (κ2) is 8.95. The summed E-state index contributed by atoms with van der Waals surface area (Å²) in [6.07, 6.45) is 1.44. The predicted octanol–water partition coefficient (Wildman–Crippen LogP) is 4.11. The Kier molecular flexibility index (Phi) is 5.92. The summed E-state index contributed by atoms with van der Waals surface area (Å²) in [5.41, 5.74) is 3.10. The molecule has 3 aromatic carbocycles. The van der Waals surface area contributed by atoms with E-state index in [9.17, 15) is 8.42 Å². The van der Waals surface area contributed by atoms with E-state index in [2.05, 4.69) is 15.3 Å². The van der Waals surface area contributed by atoms with E-state index < -0.39 is 10.0 Å². The first-order chi connectivity index (χ1) is 15.0. The molecule has 0 aliphatic heterocycles. The number of nitrogens with zero attached hydrogens (tertiary/aromatic N) is 2. The van der Waals surface area contributed by atoms with Gasteiger partial charge in [-0.25, -0.2) is 23.5 Å². The van der Waals surface area contributed by atoms with E-state index in [-0.39, 0.29) is 4.90 Å². The third-order valence-electron chi connectivity index (χ3n) is 4.50. The number of hydrogen-bond donors (Lipinski definition) is 2. The van der Waals surface area contributed by atoms with Crippen LogP contribution in [-0.4, -0.2) is 18.4 Å². The number of para-hydroxylation sites is 1. The summed E-state index contributed by atoms with van der Waals surface area (Å²) in [5, 5.41) is 8.30. The van der Waals surface area contributed by atoms with Gasteiger partial charge in [-0.3, -0.25) is 0 Å². The summed E-state index contributed by atoms with van der Waals surface area (Å²) in [6, 6.07) is 25.5. The Morgan fingerprint density at radius 2 is 1.65 bits per heavy atom. The van der Waals surface area contributed by atoms with Crippen molar-refractivity contribution in [2.75, 3.05) is 5.32 Å². The lowest BCUT2D eigenvalue weighted by molar-refractivity contribution is 0.307. The SMILES string of the molecule is NS(=O)(=O)c1cccc(Nc2cc(-c3ccccc3OCc3ccccc3)ncn2)c1. The molecule has 0 spiro atoms. The van der Waals surface area contributed by atoms with Gasteiger partial charge in [-0.2, -0.15) is 0 Å². The highest BCUT2D eigenvalue weighted by Gasteiger charge is 2.11. The molecule has 31 heavy (non-hydrogen) atoms. The average Bonchev–Trinajstić information content (AvgIpc) is 2.78. The van der Waals surface area contributed by atoms with Gasteiger partial charge in [0.15, 0.2) is 0 Å². The Hall–Kier alpha value is -3.75. The Morgan fingerprint density at radius 1 is 0.871 bits per heavy atom. The molecule has 0 aliphatic carbocycles. The van der Waals surface area contributed by atoms with Gasteiger partial charge in [0, 0.05) is 17.3 Å². The fourth-order valence-electron chi connectivity index (χ4n) is 3.01. The molecule has 0 amide bonds. The van der Waals surface area contributed by atoms with Crippen LogP contribution in [-0.2, 0) is 16.6 Å². The Bertz CT molecular complexity index is 1290. The molecule has 3 N–H and O–H groups in total. The van der Waals surface area contributed by atoms with Crippen LogP contribution >= 0.6 is 0 Å². The van der Waals surface area contributed by atoms with Gasteiger partial charge in [0.1, 0.15) is 24.5 Å². The first-order valence-corrected chi connectivity index (χ1v) is 11.0. The average molecular weight is 433 g/mol. The molecule has 156 valence electrons. The van der Waals surface area contributed by atoms with E-state index in [1.165, 1.54) is 18.5 Å². The number of primary sulfonamides is 1. The monoisotopic (exact) mass is 432 g/mol. The molecule has 1 heterocycles. The summed E-state index contributed by atoms with van der Waals surface area (Å²) in [7, 11) is -3.79. The highest BCUT2D eigenvalue weighted by molar-refractivity contribution is 7.89. The quantitative estimate of drug-likeness (QED) is 0.455. The molecule has 4 aromatic rings. The molecule has 0 radical (unpaired) electrons. The number of benzene rings is 3. The molecule has 0 saturated carbocycles. The first kappa shape index (κ1) is 20.5. The zero-order valence-corrected chi connectivity index (χ0v) is 17.3. The minimum absolute atomic E-state index is 0.0198. The maximum Gasteiger partial charge on any atom is 0.238 e. The molecule has 0 aliphatic rings. The molecule has 0 fully saturated rings. The van der Waals surface area contributed by atoms with E-state index in [1.54, 1.807) is 18.2 Å². The predicted molar refractivity (Wildman–Crippen MR) is 119 cm³/mol. The van der Waals surface area contributed by atoms with Crippen LogP contribution in [0.2, 0.25) is 0 Å². The number of hydrogen-bond acceptors (Lipinski definition) is 6. The second-order valence-corrected chi connectivity index (χ2v) is 8.32. The molecule has 0 unspecified atom stereocenters. The number of nitrogens with one attached hydrogen (secondary N) is 1. The number of sulfonamides is 1. The number of aromatic nitrogens is 2. The fourth-order valence-corrected chi connectivity index (χ4v) is 3.57. The molecule has 4 rings (SSSR count). The minimum Gasteiger partial charge on any atom is -0.488 e. The lowest BCUT2D eigenvalue weighted by Gasteiger charge is -2.12. The van der Waals surface area contributed by atoms with Crippen LogP contribution in [0.1, 0.15) is 5.56 Å². The lowest BCUT2D eigenvalue weighted by Crippen LogP contribution is -2.12. The van der Waals surface area contributed by atoms with Crippen molar-refractivity contribution in [3.05, 3.63) is 96.8 Å². The van der Waals surface area contributed by atoms with Crippen molar-refractivity contribution in [2.45, 2.75) is 11.5 Å². The van der Waals surface area contributed by atoms with Crippen molar-refractivity contribution in [2.24, 2.45) is 5.14 Å². The molecule has 8 heteroatoms. The van der Waals surface area contributed by atoms with Gasteiger partial charge in [0.05, 0.1) is 10.6 Å². The van der Waals surface area contributed by atoms with E-state index in [0.717, 1.165) is 11.1 Å². The molecule has 0 saturated heterocycles. The zero-order chi connectivity index (χ0) is 21.7. The maximum atomic E-state index is 11.6. The van der Waals surface area contributed by atoms with Crippen LogP contribution in [0.5, 0.6) is 5.75 Å². The van der Waals surface area contributed by atoms with Crippen molar-refractivity contribution in [3.63, 3.8) is 0 Å². The summed E-state index contributed by atoms with van der Waals surface area (Å²) in [6.45, 7) is 0.439. The van der Waals surface area contributed by atoms with Gasteiger partial charge in [-0.15, -0.1) is 0 Å². The molecule has 0 bridgehead atoms. The topological polar surface area (TPSA) is 107 Å². The van der Waals surface area contributed by atoms with Crippen LogP contribution in [0.25, 0.3) is 11.3 Å². The molecular formula is C23H20N4O3S. The Morgan fingerprint density at radius 3 is 2.45 bits per heavy atom. The van der Waals surface area contributed by atoms with Crippen LogP contribution in [0.15, 0.2) is 96.2 Å². The highest BCUT2D eigenvalue weighted by Crippen LogP contribution is 2.30. The van der Waals surface area contributed by atoms with E-state index in [4.69, 9.17) is 9.88 Å². The molecule has 1 aromatic heterocycles. The van der Waals surface area contributed by atoms with E-state index >= 15 is 0 Å². The maximum absolute atomic E-state index is 11.6. The number of rotatable bonds is 7. The van der Waals surface area contributed by atoms with Gasteiger partial charge in [0.2, 0.25) is 10.0 Å². The Labute approximate surface area is 180 Å². The molecule has 7 nitrogen and oxygen atoms in total. The number of ether oxygens (including phenoxy) is 1. The van der Waals surface area contributed by atoms with Crippen LogP contribution in [0, 0.1) is 0 Å². The van der Waals surface area contributed by atoms with Gasteiger partial charge < -0.3 is 10.1 Å². The van der Waals surface area contributed by atoms with E-state index in [0.29, 0.717) is 29.6 Å². The smallest absolute Gasteiger partial charge is 0.238 e. The second-order valence-electron chi connectivity index (χ2n) is 6.76. The van der Waals surface area contributed by atoms with Crippen molar-refractivity contribution in [1.82, 2.24) is 9.97 Å². The van der Waals surface area contributed by atoms with Crippen molar-refractivity contribution >= 4 is 21.5 Å². The normalized spacial score (nSPS) is 11.1. The van der Waals surface area contributed by atoms with E-state index in [1.807, 2.05) is 54.6 Å². The Balaban J connectivity index is 1.58. The lowest BCUT2D eigenvalue weighted by atomic mass is 10.1. The fraction of sp³-hybridized carbons (Fsp3) is 0.0435. The van der Waals surface area contributed by atoms with Gasteiger partial charge in [-0.05, 0) is 35.9 Å². The summed E-state index contributed by atoms with van der Waals surface area (Å²) < 4.78 is 29.2. The molecular weight excluding hydrogens is 412 g/mol. The van der Waals surface area contributed by atoms with Crippen LogP contribution in [0.4, 0.5) is 11.5 Å².